The van der Waals surface area contributed by atoms with Crippen LogP contribution in [-0.4, -0.2) is 51.0 Å². The van der Waals surface area contributed by atoms with Gasteiger partial charge in [-0.1, -0.05) is 48.5 Å². The van der Waals surface area contributed by atoms with Crippen LogP contribution in [0.3, 0.4) is 0 Å². The van der Waals surface area contributed by atoms with E-state index in [1.807, 2.05) is 30.3 Å². The molecular formula is C20H25N3O4S. The number of benzene rings is 2. The van der Waals surface area contributed by atoms with E-state index in [9.17, 15) is 18.0 Å². The molecule has 1 N–H and O–H groups in total. The lowest BCUT2D eigenvalue weighted by atomic mass is 10.1. The molecule has 7 nitrogen and oxygen atoms in total. The SMILES string of the molecule is CNC(=O)C(C)N(Cc1ccccc1)C(=O)CN(c1ccccc1)S(C)(=O)=O. The second-order valence-corrected chi connectivity index (χ2v) is 8.31. The van der Waals surface area contributed by atoms with Crippen molar-refractivity contribution in [2.45, 2.75) is 19.5 Å². The number of rotatable bonds is 8. The molecule has 0 bridgehead atoms. The van der Waals surface area contributed by atoms with Gasteiger partial charge in [0.15, 0.2) is 0 Å². The number of hydrogen-bond acceptors (Lipinski definition) is 4. The molecule has 0 saturated heterocycles. The van der Waals surface area contributed by atoms with Gasteiger partial charge < -0.3 is 10.2 Å². The van der Waals surface area contributed by atoms with Crippen LogP contribution in [0.4, 0.5) is 5.69 Å². The fraction of sp³-hybridized carbons (Fsp3) is 0.300. The molecule has 2 rings (SSSR count). The number of carbonyl (C=O) groups is 2. The first-order chi connectivity index (χ1) is 13.2. The molecule has 0 aliphatic rings. The van der Waals surface area contributed by atoms with Gasteiger partial charge in [0.25, 0.3) is 0 Å². The fourth-order valence-corrected chi connectivity index (χ4v) is 3.63. The molecule has 0 spiro atoms. The van der Waals surface area contributed by atoms with Gasteiger partial charge in [-0.05, 0) is 24.6 Å². The molecule has 2 aromatic carbocycles. The van der Waals surface area contributed by atoms with Gasteiger partial charge in [-0.15, -0.1) is 0 Å². The third-order valence-electron chi connectivity index (χ3n) is 4.33. The number of para-hydroxylation sites is 1. The highest BCUT2D eigenvalue weighted by Gasteiger charge is 2.29. The van der Waals surface area contributed by atoms with Crippen molar-refractivity contribution < 1.29 is 18.0 Å². The van der Waals surface area contributed by atoms with Crippen LogP contribution in [0.2, 0.25) is 0 Å². The zero-order valence-corrected chi connectivity index (χ0v) is 17.0. The van der Waals surface area contributed by atoms with Crippen LogP contribution in [0.5, 0.6) is 0 Å². The van der Waals surface area contributed by atoms with Gasteiger partial charge in [-0.25, -0.2) is 8.42 Å². The molecule has 0 saturated carbocycles. The van der Waals surface area contributed by atoms with Gasteiger partial charge >= 0.3 is 0 Å². The lowest BCUT2D eigenvalue weighted by Crippen LogP contribution is -2.50. The normalized spacial score (nSPS) is 12.1. The Kier molecular flexibility index (Phi) is 7.17. The van der Waals surface area contributed by atoms with Crippen molar-refractivity contribution in [2.24, 2.45) is 0 Å². The van der Waals surface area contributed by atoms with Crippen molar-refractivity contribution in [1.29, 1.82) is 0 Å². The first-order valence-corrected chi connectivity index (χ1v) is 10.7. The van der Waals surface area contributed by atoms with Crippen LogP contribution < -0.4 is 9.62 Å². The molecule has 2 aromatic rings. The van der Waals surface area contributed by atoms with Gasteiger partial charge in [-0.3, -0.25) is 13.9 Å². The van der Waals surface area contributed by atoms with E-state index in [0.29, 0.717) is 5.69 Å². The molecule has 28 heavy (non-hydrogen) atoms. The summed E-state index contributed by atoms with van der Waals surface area (Å²) in [5.74, 6) is -0.788. The molecule has 0 aliphatic carbocycles. The van der Waals surface area contributed by atoms with Crippen molar-refractivity contribution in [2.75, 3.05) is 24.2 Å². The Bertz CT molecular complexity index is 902. The lowest BCUT2D eigenvalue weighted by molar-refractivity contribution is -0.139. The second kappa shape index (κ2) is 9.36. The van der Waals surface area contributed by atoms with E-state index < -0.39 is 28.5 Å². The maximum Gasteiger partial charge on any atom is 0.244 e. The minimum atomic E-state index is -3.69. The summed E-state index contributed by atoms with van der Waals surface area (Å²) in [6.07, 6.45) is 1.05. The summed E-state index contributed by atoms with van der Waals surface area (Å²) in [6.45, 7) is 1.42. The summed E-state index contributed by atoms with van der Waals surface area (Å²) in [5, 5.41) is 2.54. The fourth-order valence-electron chi connectivity index (χ4n) is 2.78. The van der Waals surface area contributed by atoms with Crippen molar-refractivity contribution in [3.05, 3.63) is 66.2 Å². The number of likely N-dealkylation sites (N-methyl/N-ethyl adjacent to an activating group) is 1. The molecule has 0 aliphatic heterocycles. The molecule has 2 amide bonds. The Morgan fingerprint density at radius 3 is 2.04 bits per heavy atom. The zero-order valence-electron chi connectivity index (χ0n) is 16.2. The zero-order chi connectivity index (χ0) is 20.7. The number of amides is 2. The average Bonchev–Trinajstić information content (AvgIpc) is 2.69. The number of nitrogens with zero attached hydrogens (tertiary/aromatic N) is 2. The smallest absolute Gasteiger partial charge is 0.244 e. The van der Waals surface area contributed by atoms with Gasteiger partial charge in [0.2, 0.25) is 21.8 Å². The largest absolute Gasteiger partial charge is 0.357 e. The number of nitrogens with one attached hydrogen (secondary N) is 1. The quantitative estimate of drug-likeness (QED) is 0.726. The van der Waals surface area contributed by atoms with E-state index in [2.05, 4.69) is 5.32 Å². The maximum absolute atomic E-state index is 13.1. The van der Waals surface area contributed by atoms with Crippen molar-refractivity contribution in [3.63, 3.8) is 0 Å². The van der Waals surface area contributed by atoms with Crippen LogP contribution in [0.1, 0.15) is 12.5 Å². The van der Waals surface area contributed by atoms with Gasteiger partial charge in [-0.2, -0.15) is 0 Å². The van der Waals surface area contributed by atoms with Crippen LogP contribution in [0, 0.1) is 0 Å². The van der Waals surface area contributed by atoms with E-state index in [-0.39, 0.29) is 12.5 Å². The molecule has 150 valence electrons. The highest BCUT2D eigenvalue weighted by Crippen LogP contribution is 2.18. The molecule has 0 radical (unpaired) electrons. The summed E-state index contributed by atoms with van der Waals surface area (Å²) in [6, 6.07) is 16.9. The third-order valence-corrected chi connectivity index (χ3v) is 5.47. The van der Waals surface area contributed by atoms with Gasteiger partial charge in [0.1, 0.15) is 12.6 Å². The number of sulfonamides is 1. The van der Waals surface area contributed by atoms with E-state index >= 15 is 0 Å². The van der Waals surface area contributed by atoms with Crippen LogP contribution in [0.15, 0.2) is 60.7 Å². The first-order valence-electron chi connectivity index (χ1n) is 8.81. The summed E-state index contributed by atoms with van der Waals surface area (Å²) < 4.78 is 25.6. The topological polar surface area (TPSA) is 86.8 Å². The van der Waals surface area contributed by atoms with Crippen molar-refractivity contribution >= 4 is 27.5 Å². The van der Waals surface area contributed by atoms with E-state index in [0.717, 1.165) is 16.1 Å². The molecule has 1 unspecified atom stereocenters. The molecule has 0 heterocycles. The van der Waals surface area contributed by atoms with E-state index in [1.165, 1.54) is 11.9 Å². The molecule has 0 aromatic heterocycles. The summed E-state index contributed by atoms with van der Waals surface area (Å²) in [5.41, 5.74) is 1.24. The summed E-state index contributed by atoms with van der Waals surface area (Å²) in [4.78, 5) is 26.6. The Morgan fingerprint density at radius 2 is 1.54 bits per heavy atom. The maximum atomic E-state index is 13.1. The highest BCUT2D eigenvalue weighted by molar-refractivity contribution is 7.92. The van der Waals surface area contributed by atoms with Gasteiger partial charge in [0.05, 0.1) is 11.9 Å². The number of carbonyl (C=O) groups excluding carboxylic acids is 2. The number of hydrogen-bond donors (Lipinski definition) is 1. The second-order valence-electron chi connectivity index (χ2n) is 6.40. The van der Waals surface area contributed by atoms with Gasteiger partial charge in [0, 0.05) is 13.6 Å². The van der Waals surface area contributed by atoms with Crippen LogP contribution in [-0.2, 0) is 26.2 Å². The Balaban J connectivity index is 2.33. The van der Waals surface area contributed by atoms with Crippen molar-refractivity contribution in [3.8, 4) is 0 Å². The summed E-state index contributed by atoms with van der Waals surface area (Å²) >= 11 is 0. The number of anilines is 1. The van der Waals surface area contributed by atoms with Crippen LogP contribution >= 0.6 is 0 Å². The van der Waals surface area contributed by atoms with E-state index in [1.54, 1.807) is 37.3 Å². The summed E-state index contributed by atoms with van der Waals surface area (Å²) in [7, 11) is -2.19. The van der Waals surface area contributed by atoms with Crippen LogP contribution in [0.25, 0.3) is 0 Å². The lowest BCUT2D eigenvalue weighted by Gasteiger charge is -2.31. The Hall–Kier alpha value is -2.87. The Morgan fingerprint density at radius 1 is 1.00 bits per heavy atom. The molecule has 8 heteroatoms. The van der Waals surface area contributed by atoms with E-state index in [4.69, 9.17) is 0 Å². The average molecular weight is 404 g/mol. The highest BCUT2D eigenvalue weighted by atomic mass is 32.2. The van der Waals surface area contributed by atoms with Crippen molar-refractivity contribution in [1.82, 2.24) is 10.2 Å². The predicted octanol–water partition coefficient (Wildman–Crippen LogP) is 1.62. The standard InChI is InChI=1S/C20H25N3O4S/c1-16(20(25)21-2)22(14-17-10-6-4-7-11-17)19(24)15-23(28(3,26)27)18-12-8-5-9-13-18/h4-13,16H,14-15H2,1-3H3,(H,21,25). The molecular weight excluding hydrogens is 378 g/mol. The third kappa shape index (κ3) is 5.56. The first kappa shape index (κ1) is 21.4. The monoisotopic (exact) mass is 403 g/mol. The molecule has 1 atom stereocenters. The minimum absolute atomic E-state index is 0.195. The Labute approximate surface area is 166 Å². The molecule has 0 fully saturated rings. The minimum Gasteiger partial charge on any atom is -0.357 e. The predicted molar refractivity (Wildman–Crippen MR) is 109 cm³/mol.